The number of anilines is 1. The Balaban J connectivity index is 2.23. The standard InChI is InChI=1S/C10H9ClN4O2/c1-15-10(17)13-8(14-15)9(16)12-7-5-3-2-4-6(7)11/h2-5H,1H3,(H,12,16)(H,13,14,17). The van der Waals surface area contributed by atoms with Gasteiger partial charge in [0.1, 0.15) is 0 Å². The zero-order chi connectivity index (χ0) is 12.4. The van der Waals surface area contributed by atoms with E-state index in [9.17, 15) is 9.59 Å². The summed E-state index contributed by atoms with van der Waals surface area (Å²) in [7, 11) is 1.45. The van der Waals surface area contributed by atoms with Crippen LogP contribution >= 0.6 is 11.6 Å². The van der Waals surface area contributed by atoms with Gasteiger partial charge in [-0.1, -0.05) is 23.7 Å². The van der Waals surface area contributed by atoms with Crippen molar-refractivity contribution in [2.45, 2.75) is 0 Å². The zero-order valence-corrected chi connectivity index (χ0v) is 9.65. The quantitative estimate of drug-likeness (QED) is 0.837. The van der Waals surface area contributed by atoms with Gasteiger partial charge in [-0.25, -0.2) is 9.48 Å². The third kappa shape index (κ3) is 2.36. The van der Waals surface area contributed by atoms with Crippen LogP contribution in [0.25, 0.3) is 0 Å². The van der Waals surface area contributed by atoms with Gasteiger partial charge >= 0.3 is 5.69 Å². The third-order valence-electron chi connectivity index (χ3n) is 2.11. The Morgan fingerprint density at radius 1 is 1.47 bits per heavy atom. The third-order valence-corrected chi connectivity index (χ3v) is 2.44. The summed E-state index contributed by atoms with van der Waals surface area (Å²) in [6.45, 7) is 0. The van der Waals surface area contributed by atoms with Crippen molar-refractivity contribution in [3.05, 3.63) is 45.6 Å². The first-order valence-corrected chi connectivity index (χ1v) is 5.15. The number of aromatic nitrogens is 3. The highest BCUT2D eigenvalue weighted by Crippen LogP contribution is 2.20. The second-order valence-electron chi connectivity index (χ2n) is 3.34. The van der Waals surface area contributed by atoms with E-state index in [0.717, 1.165) is 4.68 Å². The van der Waals surface area contributed by atoms with Gasteiger partial charge in [-0.3, -0.25) is 9.78 Å². The fourth-order valence-electron chi connectivity index (χ4n) is 1.25. The SMILES string of the molecule is Cn1nc(C(=O)Nc2ccccc2Cl)[nH]c1=O. The first-order valence-electron chi connectivity index (χ1n) is 4.77. The van der Waals surface area contributed by atoms with Crippen molar-refractivity contribution < 1.29 is 4.79 Å². The summed E-state index contributed by atoms with van der Waals surface area (Å²) >= 11 is 5.88. The number of amides is 1. The Bertz CT molecular complexity index is 617. The summed E-state index contributed by atoms with van der Waals surface area (Å²) in [6.07, 6.45) is 0. The smallest absolute Gasteiger partial charge is 0.318 e. The van der Waals surface area contributed by atoms with Gasteiger partial charge in [0.2, 0.25) is 5.82 Å². The number of carbonyl (C=O) groups is 1. The van der Waals surface area contributed by atoms with Gasteiger partial charge in [-0.15, -0.1) is 5.10 Å². The Hall–Kier alpha value is -2.08. The maximum Gasteiger partial charge on any atom is 0.343 e. The molecular formula is C10H9ClN4O2. The van der Waals surface area contributed by atoms with Crippen molar-refractivity contribution in [2.75, 3.05) is 5.32 Å². The summed E-state index contributed by atoms with van der Waals surface area (Å²) in [5.41, 5.74) is 0.0139. The van der Waals surface area contributed by atoms with Gasteiger partial charge in [-0.05, 0) is 12.1 Å². The van der Waals surface area contributed by atoms with Gasteiger partial charge < -0.3 is 5.32 Å². The summed E-state index contributed by atoms with van der Waals surface area (Å²) in [4.78, 5) is 25.1. The Labute approximate surface area is 101 Å². The number of hydrogen-bond donors (Lipinski definition) is 2. The van der Waals surface area contributed by atoms with E-state index in [-0.39, 0.29) is 5.82 Å². The molecule has 88 valence electrons. The van der Waals surface area contributed by atoms with E-state index >= 15 is 0 Å². The first-order chi connectivity index (χ1) is 8.08. The molecule has 0 saturated carbocycles. The van der Waals surface area contributed by atoms with Gasteiger partial charge in [0, 0.05) is 7.05 Å². The van der Waals surface area contributed by atoms with Crippen molar-refractivity contribution in [1.82, 2.24) is 14.8 Å². The lowest BCUT2D eigenvalue weighted by Crippen LogP contribution is -2.15. The molecule has 2 N–H and O–H groups in total. The van der Waals surface area contributed by atoms with Crippen molar-refractivity contribution in [3.63, 3.8) is 0 Å². The molecule has 0 saturated heterocycles. The lowest BCUT2D eigenvalue weighted by Gasteiger charge is -2.04. The number of para-hydroxylation sites is 1. The molecule has 17 heavy (non-hydrogen) atoms. The van der Waals surface area contributed by atoms with E-state index in [1.165, 1.54) is 7.05 Å². The molecule has 0 unspecified atom stereocenters. The second kappa shape index (κ2) is 4.42. The lowest BCUT2D eigenvalue weighted by molar-refractivity contribution is 0.101. The number of nitrogens with zero attached hydrogens (tertiary/aromatic N) is 2. The van der Waals surface area contributed by atoms with E-state index in [1.807, 2.05) is 0 Å². The number of benzene rings is 1. The molecule has 0 aliphatic rings. The summed E-state index contributed by atoms with van der Waals surface area (Å²) in [5, 5.41) is 6.70. The molecule has 7 heteroatoms. The number of hydrogen-bond acceptors (Lipinski definition) is 3. The molecule has 0 atom stereocenters. The van der Waals surface area contributed by atoms with Crippen molar-refractivity contribution in [3.8, 4) is 0 Å². The highest BCUT2D eigenvalue weighted by molar-refractivity contribution is 6.33. The molecule has 2 aromatic rings. The minimum Gasteiger partial charge on any atom is -0.318 e. The van der Waals surface area contributed by atoms with E-state index in [2.05, 4.69) is 15.4 Å². The minimum absolute atomic E-state index is 0.0579. The number of aromatic amines is 1. The maximum absolute atomic E-state index is 11.7. The molecule has 0 bridgehead atoms. The zero-order valence-electron chi connectivity index (χ0n) is 8.90. The van der Waals surface area contributed by atoms with Crippen LogP contribution < -0.4 is 11.0 Å². The van der Waals surface area contributed by atoms with Crippen molar-refractivity contribution in [1.29, 1.82) is 0 Å². The first kappa shape index (κ1) is 11.4. The average Bonchev–Trinajstić information content (AvgIpc) is 2.63. The molecule has 0 radical (unpaired) electrons. The highest BCUT2D eigenvalue weighted by atomic mass is 35.5. The van der Waals surface area contributed by atoms with E-state index in [0.29, 0.717) is 10.7 Å². The minimum atomic E-state index is -0.518. The molecule has 0 spiro atoms. The highest BCUT2D eigenvalue weighted by Gasteiger charge is 2.12. The fourth-order valence-corrected chi connectivity index (χ4v) is 1.43. The van der Waals surface area contributed by atoms with Gasteiger partial charge in [0.25, 0.3) is 5.91 Å². The maximum atomic E-state index is 11.7. The van der Waals surface area contributed by atoms with Gasteiger partial charge in [0.15, 0.2) is 0 Å². The molecule has 1 aromatic heterocycles. The number of halogens is 1. The number of H-pyrrole nitrogens is 1. The molecular weight excluding hydrogens is 244 g/mol. The van der Waals surface area contributed by atoms with Crippen LogP contribution in [0.4, 0.5) is 5.69 Å². The number of nitrogens with one attached hydrogen (secondary N) is 2. The normalized spacial score (nSPS) is 10.2. The van der Waals surface area contributed by atoms with E-state index in [1.54, 1.807) is 24.3 Å². The van der Waals surface area contributed by atoms with Crippen LogP contribution in [0.3, 0.4) is 0 Å². The fraction of sp³-hybridized carbons (Fsp3) is 0.100. The van der Waals surface area contributed by atoms with Crippen LogP contribution in [0.5, 0.6) is 0 Å². The Kier molecular flexibility index (Phi) is 2.97. The van der Waals surface area contributed by atoms with Crippen LogP contribution in [0.15, 0.2) is 29.1 Å². The molecule has 6 nitrogen and oxygen atoms in total. The van der Waals surface area contributed by atoms with Crippen LogP contribution in [-0.2, 0) is 7.05 Å². The second-order valence-corrected chi connectivity index (χ2v) is 3.74. The van der Waals surface area contributed by atoms with E-state index in [4.69, 9.17) is 11.6 Å². The predicted molar refractivity (Wildman–Crippen MR) is 63.2 cm³/mol. The van der Waals surface area contributed by atoms with Crippen LogP contribution in [-0.4, -0.2) is 20.7 Å². The Morgan fingerprint density at radius 3 is 2.76 bits per heavy atom. The summed E-state index contributed by atoms with van der Waals surface area (Å²) in [6, 6.07) is 6.79. The molecule has 0 fully saturated rings. The molecule has 1 amide bonds. The Morgan fingerprint density at radius 2 is 2.18 bits per heavy atom. The van der Waals surface area contributed by atoms with Crippen LogP contribution in [0.2, 0.25) is 5.02 Å². The molecule has 1 aromatic carbocycles. The lowest BCUT2D eigenvalue weighted by atomic mass is 10.3. The largest absolute Gasteiger partial charge is 0.343 e. The average molecular weight is 253 g/mol. The summed E-state index contributed by atoms with van der Waals surface area (Å²) in [5.74, 6) is -0.576. The van der Waals surface area contributed by atoms with Crippen LogP contribution in [0.1, 0.15) is 10.6 Å². The number of aryl methyl sites for hydroxylation is 1. The molecule has 0 aliphatic carbocycles. The van der Waals surface area contributed by atoms with Crippen molar-refractivity contribution in [2.24, 2.45) is 7.05 Å². The molecule has 1 heterocycles. The number of carbonyl (C=O) groups excluding carboxylic acids is 1. The topological polar surface area (TPSA) is 79.8 Å². The molecule has 2 rings (SSSR count). The van der Waals surface area contributed by atoms with Crippen molar-refractivity contribution >= 4 is 23.2 Å². The predicted octanol–water partition coefficient (Wildman–Crippen LogP) is 1.01. The molecule has 0 aliphatic heterocycles. The summed E-state index contributed by atoms with van der Waals surface area (Å²) < 4.78 is 1.04. The van der Waals surface area contributed by atoms with E-state index < -0.39 is 11.6 Å². The van der Waals surface area contributed by atoms with Crippen LogP contribution in [0, 0.1) is 0 Å². The van der Waals surface area contributed by atoms with Gasteiger partial charge in [0.05, 0.1) is 10.7 Å². The monoisotopic (exact) mass is 252 g/mol. The van der Waals surface area contributed by atoms with Gasteiger partial charge in [-0.2, -0.15) is 0 Å². The number of rotatable bonds is 2.